The minimum absolute atomic E-state index is 0.0577. The molecule has 1 rings (SSSR count). The largest absolute Gasteiger partial charge is 0.481 e. The van der Waals surface area contributed by atoms with E-state index in [0.29, 0.717) is 6.42 Å². The Labute approximate surface area is 102 Å². The van der Waals surface area contributed by atoms with Gasteiger partial charge in [-0.05, 0) is 32.1 Å². The molecule has 0 radical (unpaired) electrons. The minimum Gasteiger partial charge on any atom is -0.481 e. The van der Waals surface area contributed by atoms with Crippen LogP contribution in [0.2, 0.25) is 0 Å². The molecule has 0 spiro atoms. The van der Waals surface area contributed by atoms with E-state index in [0.717, 1.165) is 6.42 Å². The smallest absolute Gasteiger partial charge is 0.315 e. The molecule has 17 heavy (non-hydrogen) atoms. The minimum atomic E-state index is -0.844. The SMILES string of the molecule is CC(C)(CCC(=O)O)NC(=O)NC1CC1(C)C. The number of hydrogen-bond acceptors (Lipinski definition) is 2. The van der Waals surface area contributed by atoms with Crippen LogP contribution in [-0.4, -0.2) is 28.7 Å². The van der Waals surface area contributed by atoms with E-state index in [4.69, 9.17) is 5.11 Å². The molecule has 0 aliphatic heterocycles. The third kappa shape index (κ3) is 4.63. The van der Waals surface area contributed by atoms with Crippen molar-refractivity contribution in [2.24, 2.45) is 5.41 Å². The second kappa shape index (κ2) is 4.55. The van der Waals surface area contributed by atoms with Crippen molar-refractivity contribution in [3.05, 3.63) is 0 Å². The van der Waals surface area contributed by atoms with Crippen LogP contribution in [0.5, 0.6) is 0 Å². The maximum absolute atomic E-state index is 11.7. The summed E-state index contributed by atoms with van der Waals surface area (Å²) in [5, 5.41) is 14.3. The molecule has 2 amide bonds. The summed E-state index contributed by atoms with van der Waals surface area (Å²) in [4.78, 5) is 22.1. The van der Waals surface area contributed by atoms with Crippen molar-refractivity contribution in [2.45, 2.75) is 58.5 Å². The van der Waals surface area contributed by atoms with Gasteiger partial charge in [0.1, 0.15) is 0 Å². The van der Waals surface area contributed by atoms with Crippen molar-refractivity contribution < 1.29 is 14.7 Å². The molecule has 0 aromatic carbocycles. The Balaban J connectivity index is 2.32. The molecule has 5 nitrogen and oxygen atoms in total. The first kappa shape index (κ1) is 13.8. The van der Waals surface area contributed by atoms with Crippen LogP contribution in [0, 0.1) is 5.41 Å². The van der Waals surface area contributed by atoms with Gasteiger partial charge < -0.3 is 15.7 Å². The van der Waals surface area contributed by atoms with Gasteiger partial charge in [0.05, 0.1) is 0 Å². The Morgan fingerprint density at radius 2 is 1.94 bits per heavy atom. The summed E-state index contributed by atoms with van der Waals surface area (Å²) in [6.07, 6.45) is 1.47. The number of amides is 2. The topological polar surface area (TPSA) is 78.4 Å². The van der Waals surface area contributed by atoms with Crippen LogP contribution in [0.4, 0.5) is 4.79 Å². The lowest BCUT2D eigenvalue weighted by Crippen LogP contribution is -2.49. The molecule has 1 atom stereocenters. The number of rotatable bonds is 5. The number of carbonyl (C=O) groups excluding carboxylic acids is 1. The zero-order valence-electron chi connectivity index (χ0n) is 11.0. The highest BCUT2D eigenvalue weighted by Crippen LogP contribution is 2.44. The maximum atomic E-state index is 11.7. The molecule has 1 saturated carbocycles. The number of carboxylic acid groups (broad SMARTS) is 1. The van der Waals surface area contributed by atoms with Crippen molar-refractivity contribution in [3.63, 3.8) is 0 Å². The highest BCUT2D eigenvalue weighted by molar-refractivity contribution is 5.75. The molecule has 98 valence electrons. The van der Waals surface area contributed by atoms with E-state index in [9.17, 15) is 9.59 Å². The summed E-state index contributed by atoms with van der Waals surface area (Å²) >= 11 is 0. The lowest BCUT2D eigenvalue weighted by molar-refractivity contribution is -0.137. The molecule has 0 aromatic heterocycles. The maximum Gasteiger partial charge on any atom is 0.315 e. The van der Waals surface area contributed by atoms with E-state index >= 15 is 0 Å². The van der Waals surface area contributed by atoms with Gasteiger partial charge in [-0.1, -0.05) is 13.8 Å². The van der Waals surface area contributed by atoms with Gasteiger partial charge in [0.25, 0.3) is 0 Å². The van der Waals surface area contributed by atoms with E-state index in [1.54, 1.807) is 0 Å². The molecule has 3 N–H and O–H groups in total. The summed E-state index contributed by atoms with van der Waals surface area (Å²) in [5.74, 6) is -0.844. The molecular formula is C12H22N2O3. The average molecular weight is 242 g/mol. The summed E-state index contributed by atoms with van der Waals surface area (Å²) in [6, 6.07) is 0.0220. The Kier molecular flexibility index (Phi) is 3.69. The van der Waals surface area contributed by atoms with E-state index in [1.165, 1.54) is 0 Å². The Morgan fingerprint density at radius 1 is 1.41 bits per heavy atom. The highest BCUT2D eigenvalue weighted by Gasteiger charge is 2.46. The van der Waals surface area contributed by atoms with Crippen LogP contribution >= 0.6 is 0 Å². The lowest BCUT2D eigenvalue weighted by Gasteiger charge is -2.26. The molecule has 0 heterocycles. The van der Waals surface area contributed by atoms with Crippen molar-refractivity contribution in [1.29, 1.82) is 0 Å². The first-order valence-electron chi connectivity index (χ1n) is 5.93. The quantitative estimate of drug-likeness (QED) is 0.687. The van der Waals surface area contributed by atoms with Crippen molar-refractivity contribution in [1.82, 2.24) is 10.6 Å². The number of carboxylic acids is 1. The van der Waals surface area contributed by atoms with Gasteiger partial charge in [-0.25, -0.2) is 4.79 Å². The summed E-state index contributed by atoms with van der Waals surface area (Å²) in [5.41, 5.74) is -0.302. The third-order valence-corrected chi connectivity index (χ3v) is 3.23. The van der Waals surface area contributed by atoms with Crippen LogP contribution in [0.25, 0.3) is 0 Å². The third-order valence-electron chi connectivity index (χ3n) is 3.23. The zero-order chi connectivity index (χ0) is 13.3. The van der Waals surface area contributed by atoms with Crippen LogP contribution in [0.3, 0.4) is 0 Å². The van der Waals surface area contributed by atoms with Crippen LogP contribution < -0.4 is 10.6 Å². The molecule has 1 aliphatic carbocycles. The lowest BCUT2D eigenvalue weighted by atomic mass is 9.99. The van der Waals surface area contributed by atoms with E-state index in [-0.39, 0.29) is 23.9 Å². The fourth-order valence-corrected chi connectivity index (χ4v) is 1.70. The van der Waals surface area contributed by atoms with Gasteiger partial charge >= 0.3 is 12.0 Å². The van der Waals surface area contributed by atoms with Gasteiger partial charge in [-0.15, -0.1) is 0 Å². The van der Waals surface area contributed by atoms with E-state index in [1.807, 2.05) is 13.8 Å². The molecule has 0 saturated heterocycles. The number of hydrogen-bond donors (Lipinski definition) is 3. The molecule has 5 heteroatoms. The van der Waals surface area contributed by atoms with Gasteiger partial charge in [-0.3, -0.25) is 4.79 Å². The standard InChI is InChI=1S/C12H22N2O3/c1-11(2)7-8(11)13-10(17)14-12(3,4)6-5-9(15)16/h8H,5-7H2,1-4H3,(H,15,16)(H2,13,14,17). The van der Waals surface area contributed by atoms with Crippen LogP contribution in [0.1, 0.15) is 47.0 Å². The normalized spacial score (nSPS) is 21.8. The Morgan fingerprint density at radius 3 is 2.35 bits per heavy atom. The molecule has 0 aromatic rings. The number of carbonyl (C=O) groups is 2. The fourth-order valence-electron chi connectivity index (χ4n) is 1.70. The molecule has 1 unspecified atom stereocenters. The Hall–Kier alpha value is -1.26. The monoisotopic (exact) mass is 242 g/mol. The second-order valence-corrected chi connectivity index (χ2v) is 6.12. The summed E-state index contributed by atoms with van der Waals surface area (Å²) < 4.78 is 0. The van der Waals surface area contributed by atoms with Crippen molar-refractivity contribution in [3.8, 4) is 0 Å². The van der Waals surface area contributed by atoms with E-state index in [2.05, 4.69) is 24.5 Å². The van der Waals surface area contributed by atoms with Crippen molar-refractivity contribution in [2.75, 3.05) is 0 Å². The van der Waals surface area contributed by atoms with Gasteiger partial charge in [0.2, 0.25) is 0 Å². The highest BCUT2D eigenvalue weighted by atomic mass is 16.4. The predicted octanol–water partition coefficient (Wildman–Crippen LogP) is 1.73. The molecule has 1 aliphatic rings. The van der Waals surface area contributed by atoms with Gasteiger partial charge in [-0.2, -0.15) is 0 Å². The molecular weight excluding hydrogens is 220 g/mol. The molecule has 0 bridgehead atoms. The first-order chi connectivity index (χ1) is 7.62. The first-order valence-corrected chi connectivity index (χ1v) is 5.93. The van der Waals surface area contributed by atoms with E-state index < -0.39 is 11.5 Å². The number of nitrogens with one attached hydrogen (secondary N) is 2. The second-order valence-electron chi connectivity index (χ2n) is 6.12. The number of aliphatic carboxylic acids is 1. The Bertz CT molecular complexity index is 324. The van der Waals surface area contributed by atoms with Crippen LogP contribution in [-0.2, 0) is 4.79 Å². The van der Waals surface area contributed by atoms with Gasteiger partial charge in [0.15, 0.2) is 0 Å². The number of urea groups is 1. The summed E-state index contributed by atoms with van der Waals surface area (Å²) in [7, 11) is 0. The average Bonchev–Trinajstić information content (AvgIpc) is 2.69. The van der Waals surface area contributed by atoms with Crippen molar-refractivity contribution >= 4 is 12.0 Å². The van der Waals surface area contributed by atoms with Crippen LogP contribution in [0.15, 0.2) is 0 Å². The van der Waals surface area contributed by atoms with Gasteiger partial charge in [0, 0.05) is 18.0 Å². The predicted molar refractivity (Wildman–Crippen MR) is 64.8 cm³/mol. The zero-order valence-corrected chi connectivity index (χ0v) is 11.0. The molecule has 1 fully saturated rings. The summed E-state index contributed by atoms with van der Waals surface area (Å²) in [6.45, 7) is 7.86. The fraction of sp³-hybridized carbons (Fsp3) is 0.833.